The molecule has 0 radical (unpaired) electrons. The summed E-state index contributed by atoms with van der Waals surface area (Å²) in [5, 5.41) is 4.64. The van der Waals surface area contributed by atoms with Gasteiger partial charge in [0.2, 0.25) is 0 Å². The molecular weight excluding hydrogens is 388 g/mol. The summed E-state index contributed by atoms with van der Waals surface area (Å²) in [6, 6.07) is 12.7. The molecule has 0 spiro atoms. The molecule has 0 aliphatic heterocycles. The van der Waals surface area contributed by atoms with E-state index in [1.54, 1.807) is 30.3 Å². The average Bonchev–Trinajstić information content (AvgIpc) is 2.96. The highest BCUT2D eigenvalue weighted by Gasteiger charge is 2.09. The highest BCUT2D eigenvalue weighted by Crippen LogP contribution is 2.29. The van der Waals surface area contributed by atoms with Gasteiger partial charge in [-0.05, 0) is 60.9 Å². The zero-order valence-corrected chi connectivity index (χ0v) is 17.6. The third-order valence-electron chi connectivity index (χ3n) is 4.24. The molecule has 3 rings (SSSR count). The number of aromatic nitrogens is 2. The molecule has 152 valence electrons. The van der Waals surface area contributed by atoms with Gasteiger partial charge in [-0.25, -0.2) is 4.68 Å². The normalized spacial score (nSPS) is 11.8. The number of nitrogens with one attached hydrogen (secondary N) is 1. The van der Waals surface area contributed by atoms with Crippen molar-refractivity contribution >= 4 is 24.3 Å². The van der Waals surface area contributed by atoms with Gasteiger partial charge in [-0.15, -0.1) is 0 Å². The molecule has 0 amide bonds. The summed E-state index contributed by atoms with van der Waals surface area (Å²) in [6.07, 6.45) is 1.79. The molecule has 2 aromatic carbocycles. The summed E-state index contributed by atoms with van der Waals surface area (Å²) in [5.41, 5.74) is 1.33. The molecule has 0 aliphatic carbocycles. The lowest BCUT2D eigenvalue weighted by Gasteiger charge is -2.13. The van der Waals surface area contributed by atoms with E-state index in [-0.39, 0.29) is 5.56 Å². The van der Waals surface area contributed by atoms with Crippen molar-refractivity contribution in [2.45, 2.75) is 20.8 Å². The zero-order chi connectivity index (χ0) is 21.0. The number of ether oxygens (including phenoxy) is 2. The van der Waals surface area contributed by atoms with Crippen molar-refractivity contribution in [1.82, 2.24) is 9.78 Å². The van der Waals surface area contributed by atoms with Crippen LogP contribution in [0, 0.1) is 5.92 Å². The van der Waals surface area contributed by atoms with Gasteiger partial charge in [0, 0.05) is 5.02 Å². The molecule has 1 aromatic heterocycles. The van der Waals surface area contributed by atoms with Crippen molar-refractivity contribution in [2.24, 2.45) is 5.92 Å². The molecule has 0 atom stereocenters. The van der Waals surface area contributed by atoms with Gasteiger partial charge in [0.25, 0.3) is 5.56 Å². The molecule has 1 N–H and O–H groups in total. The van der Waals surface area contributed by atoms with E-state index in [2.05, 4.69) is 25.5 Å². The Labute approximate surface area is 174 Å². The monoisotopic (exact) mass is 412 g/mol. The van der Waals surface area contributed by atoms with Crippen molar-refractivity contribution in [2.75, 3.05) is 13.2 Å². The van der Waals surface area contributed by atoms with Gasteiger partial charge < -0.3 is 9.47 Å². The Morgan fingerprint density at radius 3 is 2.52 bits per heavy atom. The maximum absolute atomic E-state index is 12.9. The van der Waals surface area contributed by atoms with Gasteiger partial charge in [-0.2, -0.15) is 0 Å². The van der Waals surface area contributed by atoms with Crippen LogP contribution in [0.1, 0.15) is 26.3 Å². The quantitative estimate of drug-likeness (QED) is 0.646. The molecule has 29 heavy (non-hydrogen) atoms. The SMILES string of the molecule is C=c1[nH]n(-c2ccc(Cl)cc2)c(=O)/c1=C/c1ccc(OCC(C)C)c(OCC)c1. The van der Waals surface area contributed by atoms with Crippen LogP contribution >= 0.6 is 11.6 Å². The van der Waals surface area contributed by atoms with Crippen LogP contribution in [0.5, 0.6) is 11.5 Å². The molecular formula is C23H25ClN2O3. The number of hydrogen-bond donors (Lipinski definition) is 1. The van der Waals surface area contributed by atoms with Crippen LogP contribution in [0.25, 0.3) is 18.3 Å². The lowest BCUT2D eigenvalue weighted by Crippen LogP contribution is -2.33. The first-order chi connectivity index (χ1) is 13.9. The van der Waals surface area contributed by atoms with Gasteiger partial charge in [0.1, 0.15) is 0 Å². The molecule has 0 bridgehead atoms. The molecule has 5 nitrogen and oxygen atoms in total. The van der Waals surface area contributed by atoms with Crippen LogP contribution in [0.2, 0.25) is 5.02 Å². The Hall–Kier alpha value is -2.92. The van der Waals surface area contributed by atoms with Crippen LogP contribution < -0.4 is 25.6 Å². The number of benzene rings is 2. The largest absolute Gasteiger partial charge is 0.490 e. The van der Waals surface area contributed by atoms with E-state index >= 15 is 0 Å². The first-order valence-corrected chi connectivity index (χ1v) is 9.94. The summed E-state index contributed by atoms with van der Waals surface area (Å²) in [7, 11) is 0. The van der Waals surface area contributed by atoms with Crippen LogP contribution in [0.3, 0.4) is 0 Å². The topological polar surface area (TPSA) is 56.2 Å². The van der Waals surface area contributed by atoms with Crippen molar-refractivity contribution in [3.8, 4) is 17.2 Å². The second-order valence-corrected chi connectivity index (χ2v) is 7.55. The minimum atomic E-state index is -0.185. The first kappa shape index (κ1) is 20.8. The maximum atomic E-state index is 12.9. The lowest BCUT2D eigenvalue weighted by atomic mass is 10.1. The number of rotatable bonds is 7. The van der Waals surface area contributed by atoms with E-state index in [1.807, 2.05) is 25.1 Å². The molecule has 0 saturated heterocycles. The average molecular weight is 413 g/mol. The molecule has 6 heteroatoms. The molecule has 0 fully saturated rings. The van der Waals surface area contributed by atoms with Crippen LogP contribution in [0.4, 0.5) is 0 Å². The van der Waals surface area contributed by atoms with Crippen molar-refractivity contribution in [3.05, 3.63) is 74.0 Å². The fourth-order valence-electron chi connectivity index (χ4n) is 2.84. The Bertz CT molecular complexity index is 1140. The molecule has 3 aromatic rings. The summed E-state index contributed by atoms with van der Waals surface area (Å²) in [5.74, 6) is 1.76. The van der Waals surface area contributed by atoms with Crippen LogP contribution in [-0.2, 0) is 0 Å². The molecule has 1 heterocycles. The minimum absolute atomic E-state index is 0.185. The number of nitrogens with zero attached hydrogens (tertiary/aromatic N) is 1. The smallest absolute Gasteiger partial charge is 0.279 e. The summed E-state index contributed by atoms with van der Waals surface area (Å²) < 4.78 is 13.0. The van der Waals surface area contributed by atoms with Gasteiger partial charge >= 0.3 is 0 Å². The third-order valence-corrected chi connectivity index (χ3v) is 4.49. The van der Waals surface area contributed by atoms with Gasteiger partial charge in [-0.3, -0.25) is 9.89 Å². The van der Waals surface area contributed by atoms with E-state index < -0.39 is 0 Å². The van der Waals surface area contributed by atoms with Gasteiger partial charge in [0.05, 0.1) is 29.5 Å². The predicted octanol–water partition coefficient (Wildman–Crippen LogP) is 3.49. The van der Waals surface area contributed by atoms with E-state index in [9.17, 15) is 4.79 Å². The van der Waals surface area contributed by atoms with E-state index in [0.717, 1.165) is 5.56 Å². The fourth-order valence-corrected chi connectivity index (χ4v) is 2.97. The molecule has 0 unspecified atom stereocenters. The standard InChI is InChI=1S/C23H25ClN2O3/c1-5-28-22-13-17(6-11-21(22)29-14-15(2)3)12-20-16(4)25-26(23(20)27)19-9-7-18(24)8-10-19/h6-13,15,25H,4-5,14H2,1-3H3/b20-12+. The number of H-pyrrole nitrogens is 1. The van der Waals surface area contributed by atoms with Crippen molar-refractivity contribution in [1.29, 1.82) is 0 Å². The Morgan fingerprint density at radius 2 is 1.86 bits per heavy atom. The highest BCUT2D eigenvalue weighted by atomic mass is 35.5. The van der Waals surface area contributed by atoms with E-state index in [1.165, 1.54) is 4.68 Å². The Kier molecular flexibility index (Phi) is 6.49. The fraction of sp³-hybridized carbons (Fsp3) is 0.261. The lowest BCUT2D eigenvalue weighted by molar-refractivity contribution is 0.248. The maximum Gasteiger partial charge on any atom is 0.279 e. The Balaban J connectivity index is 2.02. The van der Waals surface area contributed by atoms with Crippen LogP contribution in [-0.4, -0.2) is 23.0 Å². The summed E-state index contributed by atoms with van der Waals surface area (Å²) >= 11 is 5.94. The van der Waals surface area contributed by atoms with E-state index in [4.69, 9.17) is 21.1 Å². The summed E-state index contributed by atoms with van der Waals surface area (Å²) in [6.45, 7) is 11.2. The second-order valence-electron chi connectivity index (χ2n) is 7.11. The van der Waals surface area contributed by atoms with Crippen LogP contribution in [0.15, 0.2) is 47.3 Å². The summed E-state index contributed by atoms with van der Waals surface area (Å²) in [4.78, 5) is 12.9. The Morgan fingerprint density at radius 1 is 1.14 bits per heavy atom. The third kappa shape index (κ3) is 4.93. The predicted molar refractivity (Wildman–Crippen MR) is 118 cm³/mol. The van der Waals surface area contributed by atoms with Gasteiger partial charge in [0.15, 0.2) is 11.5 Å². The van der Waals surface area contributed by atoms with Gasteiger partial charge in [-0.1, -0.05) is 38.1 Å². The molecule has 0 saturated carbocycles. The zero-order valence-electron chi connectivity index (χ0n) is 16.9. The minimum Gasteiger partial charge on any atom is -0.490 e. The number of hydrogen-bond acceptors (Lipinski definition) is 3. The van der Waals surface area contributed by atoms with E-state index in [0.29, 0.717) is 51.9 Å². The highest BCUT2D eigenvalue weighted by molar-refractivity contribution is 6.30. The van der Waals surface area contributed by atoms with Crippen molar-refractivity contribution in [3.63, 3.8) is 0 Å². The number of aromatic amines is 1. The first-order valence-electron chi connectivity index (χ1n) is 9.56. The number of halogens is 1. The second kappa shape index (κ2) is 9.05. The molecule has 0 aliphatic rings. The van der Waals surface area contributed by atoms with Crippen molar-refractivity contribution < 1.29 is 9.47 Å².